The molecule has 2 aromatic rings. The van der Waals surface area contributed by atoms with Gasteiger partial charge >= 0.3 is 12.1 Å². The van der Waals surface area contributed by atoms with Crippen LogP contribution in [-0.4, -0.2) is 69.5 Å². The van der Waals surface area contributed by atoms with E-state index in [0.29, 0.717) is 41.7 Å². The third kappa shape index (κ3) is 5.40. The monoisotopic (exact) mass is 628 g/mol. The van der Waals surface area contributed by atoms with E-state index in [4.69, 9.17) is 0 Å². The van der Waals surface area contributed by atoms with Crippen LogP contribution in [0.1, 0.15) is 84.9 Å². The molecular weight excluding hydrogens is 594 g/mol. The molecule has 13 nitrogen and oxygen atoms in total. The first-order valence-electron chi connectivity index (χ1n) is 15.6. The number of rotatable bonds is 6. The molecule has 2 aromatic carbocycles. The van der Waals surface area contributed by atoms with E-state index in [1.165, 1.54) is 15.9 Å². The zero-order chi connectivity index (χ0) is 32.4. The first-order chi connectivity index (χ1) is 22.4. The van der Waals surface area contributed by atoms with Crippen LogP contribution in [0.25, 0.3) is 11.1 Å². The Kier molecular flexibility index (Phi) is 8.84. The minimum Gasteiger partial charge on any atom is -0.664 e. The Hall–Kier alpha value is -5.04. The lowest BCUT2D eigenvalue weighted by molar-refractivity contribution is -0.665. The molecular formula is C33H34N5O8-. The Morgan fingerprint density at radius 1 is 0.826 bits per heavy atom. The highest BCUT2D eigenvalue weighted by molar-refractivity contribution is 6.49. The van der Waals surface area contributed by atoms with Crippen molar-refractivity contribution in [2.24, 2.45) is 5.10 Å². The summed E-state index contributed by atoms with van der Waals surface area (Å²) in [6, 6.07) is 10.9. The van der Waals surface area contributed by atoms with E-state index in [0.717, 1.165) is 51.9 Å². The standard InChI is InChI=1S/C33H35N5O8/c1-45-33(43)38-29(39)24-18-17-23(20-11-5-2-6-12-20)27(26(24)30(38)40)34-35-28-25(19-46-44)36(21-13-7-3-8-14-21)32(42)37(31(28)41)22-15-9-4-10-16-22/h2,5-6,11-12,17-19,21-22,34,44H,3-4,7-10,13-16H2,1H3/p-1/b25-19+,35-28?. The van der Waals surface area contributed by atoms with Crippen molar-refractivity contribution in [3.05, 3.63) is 65.6 Å². The maximum absolute atomic E-state index is 14.2. The molecule has 1 saturated heterocycles. The maximum atomic E-state index is 14.2. The van der Waals surface area contributed by atoms with Gasteiger partial charge in [0.25, 0.3) is 17.7 Å². The fraction of sp³-hybridized carbons (Fsp3) is 0.394. The molecule has 1 N–H and O–H groups in total. The number of amides is 6. The number of nitrogens with zero attached hydrogens (tertiary/aromatic N) is 4. The average molecular weight is 629 g/mol. The van der Waals surface area contributed by atoms with Crippen LogP contribution in [0.4, 0.5) is 15.3 Å². The van der Waals surface area contributed by atoms with Crippen LogP contribution in [0.3, 0.4) is 0 Å². The van der Waals surface area contributed by atoms with Crippen LogP contribution in [0.15, 0.2) is 59.5 Å². The number of hydrazone groups is 1. The second-order valence-corrected chi connectivity index (χ2v) is 11.8. The Morgan fingerprint density at radius 2 is 1.43 bits per heavy atom. The van der Waals surface area contributed by atoms with Crippen molar-refractivity contribution in [2.75, 3.05) is 12.5 Å². The van der Waals surface area contributed by atoms with Gasteiger partial charge in [0.2, 0.25) is 0 Å². The van der Waals surface area contributed by atoms with Crippen LogP contribution in [0, 0.1) is 0 Å². The lowest BCUT2D eigenvalue weighted by Crippen LogP contribution is -2.62. The molecule has 6 amide bonds. The summed E-state index contributed by atoms with van der Waals surface area (Å²) in [4.78, 5) is 74.6. The number of anilines is 1. The molecule has 4 aliphatic rings. The summed E-state index contributed by atoms with van der Waals surface area (Å²) < 4.78 is 4.68. The zero-order valence-corrected chi connectivity index (χ0v) is 25.4. The van der Waals surface area contributed by atoms with Gasteiger partial charge in [0, 0.05) is 17.6 Å². The van der Waals surface area contributed by atoms with Crippen molar-refractivity contribution >= 4 is 41.2 Å². The predicted octanol–water partition coefficient (Wildman–Crippen LogP) is 4.55. The molecule has 0 unspecified atom stereocenters. The number of benzene rings is 2. The van der Waals surface area contributed by atoms with Crippen molar-refractivity contribution in [1.29, 1.82) is 0 Å². The number of imide groups is 4. The van der Waals surface area contributed by atoms with E-state index in [1.807, 2.05) is 6.07 Å². The van der Waals surface area contributed by atoms with Gasteiger partial charge in [0.15, 0.2) is 5.71 Å². The minimum absolute atomic E-state index is 0.0569. The Labute approximate surface area is 265 Å². The number of nitrogens with one attached hydrogen (secondary N) is 1. The summed E-state index contributed by atoms with van der Waals surface area (Å²) in [6.07, 6.45) is 7.84. The molecule has 2 saturated carbocycles. The summed E-state index contributed by atoms with van der Waals surface area (Å²) >= 11 is 0. The van der Waals surface area contributed by atoms with Gasteiger partial charge < -0.3 is 14.9 Å². The van der Waals surface area contributed by atoms with Crippen LogP contribution in [0.2, 0.25) is 0 Å². The fourth-order valence-electron chi connectivity index (χ4n) is 6.93. The summed E-state index contributed by atoms with van der Waals surface area (Å²) in [5.41, 5.74) is 3.48. The predicted molar refractivity (Wildman–Crippen MR) is 163 cm³/mol. The van der Waals surface area contributed by atoms with Gasteiger partial charge in [-0.1, -0.05) is 74.9 Å². The lowest BCUT2D eigenvalue weighted by Gasteiger charge is -2.45. The first kappa shape index (κ1) is 31.0. The van der Waals surface area contributed by atoms with Crippen LogP contribution in [0.5, 0.6) is 0 Å². The molecule has 0 radical (unpaired) electrons. The third-order valence-electron chi connectivity index (χ3n) is 9.15. The second kappa shape index (κ2) is 13.1. The van der Waals surface area contributed by atoms with E-state index in [1.54, 1.807) is 30.3 Å². The SMILES string of the molecule is COC(=O)N1C(=O)c2ccc(-c3ccccc3)c(NN=C3C(=O)N(C4CCCCC4)C(=O)N(C4CCCCC4)/C3=C/O[O-])c2C1=O. The van der Waals surface area contributed by atoms with E-state index in [2.05, 4.69) is 20.2 Å². The Morgan fingerprint density at radius 3 is 2.04 bits per heavy atom. The van der Waals surface area contributed by atoms with Crippen molar-refractivity contribution in [2.45, 2.75) is 76.3 Å². The fourth-order valence-corrected chi connectivity index (χ4v) is 6.93. The van der Waals surface area contributed by atoms with E-state index < -0.39 is 29.8 Å². The number of ether oxygens (including phenoxy) is 1. The molecule has 240 valence electrons. The average Bonchev–Trinajstić information content (AvgIpc) is 3.34. The number of carbonyl (C=O) groups is 5. The van der Waals surface area contributed by atoms with E-state index >= 15 is 0 Å². The normalized spacial score (nSPS) is 21.3. The smallest absolute Gasteiger partial charge is 0.423 e. The number of carbonyl (C=O) groups excluding carboxylic acids is 5. The molecule has 2 heterocycles. The van der Waals surface area contributed by atoms with Gasteiger partial charge in [0.05, 0.1) is 23.9 Å². The van der Waals surface area contributed by atoms with Gasteiger partial charge in [0.1, 0.15) is 12.0 Å². The summed E-state index contributed by atoms with van der Waals surface area (Å²) in [7, 11) is 1.06. The third-order valence-corrected chi connectivity index (χ3v) is 9.15. The number of hydrogen-bond acceptors (Lipinski definition) is 10. The molecule has 2 aliphatic heterocycles. The summed E-state index contributed by atoms with van der Waals surface area (Å²) in [6.45, 7) is 0. The van der Waals surface area contributed by atoms with Crippen LogP contribution in [-0.2, 0) is 14.4 Å². The highest BCUT2D eigenvalue weighted by Gasteiger charge is 2.48. The number of hydrogen-bond donors (Lipinski definition) is 1. The minimum atomic E-state index is -1.14. The van der Waals surface area contributed by atoms with E-state index in [9.17, 15) is 29.2 Å². The van der Waals surface area contributed by atoms with Crippen molar-refractivity contribution in [3.8, 4) is 11.1 Å². The number of urea groups is 1. The molecule has 13 heteroatoms. The highest BCUT2D eigenvalue weighted by atomic mass is 17.1. The Balaban J connectivity index is 1.49. The van der Waals surface area contributed by atoms with Gasteiger partial charge in [-0.2, -0.15) is 10.0 Å². The Bertz CT molecular complexity index is 1630. The quantitative estimate of drug-likeness (QED) is 0.209. The molecule has 2 aliphatic carbocycles. The number of fused-ring (bicyclic) bond motifs is 1. The molecule has 0 aromatic heterocycles. The van der Waals surface area contributed by atoms with Gasteiger partial charge in [-0.25, -0.2) is 9.59 Å². The van der Waals surface area contributed by atoms with Gasteiger partial charge in [-0.05, 0) is 37.3 Å². The van der Waals surface area contributed by atoms with Crippen LogP contribution >= 0.6 is 0 Å². The molecule has 6 rings (SSSR count). The zero-order valence-electron chi connectivity index (χ0n) is 25.4. The lowest BCUT2D eigenvalue weighted by atomic mass is 9.91. The molecule has 3 fully saturated rings. The van der Waals surface area contributed by atoms with Gasteiger partial charge in [-0.15, -0.1) is 0 Å². The summed E-state index contributed by atoms with van der Waals surface area (Å²) in [5.74, 6) is -2.50. The van der Waals surface area contributed by atoms with Crippen molar-refractivity contribution in [1.82, 2.24) is 14.7 Å². The molecule has 46 heavy (non-hydrogen) atoms. The van der Waals surface area contributed by atoms with Gasteiger partial charge in [-0.3, -0.25) is 29.6 Å². The summed E-state index contributed by atoms with van der Waals surface area (Å²) in [5, 5.41) is 16.1. The second-order valence-electron chi connectivity index (χ2n) is 11.8. The largest absolute Gasteiger partial charge is 0.664 e. The molecule has 0 spiro atoms. The number of methoxy groups -OCH3 is 1. The first-order valence-corrected chi connectivity index (χ1v) is 15.6. The van der Waals surface area contributed by atoms with E-state index in [-0.39, 0.29) is 40.3 Å². The molecule has 0 bridgehead atoms. The highest BCUT2D eigenvalue weighted by Crippen LogP contribution is 2.39. The van der Waals surface area contributed by atoms with Crippen molar-refractivity contribution < 1.29 is 38.9 Å². The van der Waals surface area contributed by atoms with Crippen LogP contribution < -0.4 is 10.7 Å². The van der Waals surface area contributed by atoms with Crippen molar-refractivity contribution in [3.63, 3.8) is 0 Å². The maximum Gasteiger partial charge on any atom is 0.423 e. The molecule has 0 atom stereocenters. The topological polar surface area (TPSA) is 161 Å².